The van der Waals surface area contributed by atoms with E-state index in [1.54, 1.807) is 18.2 Å². The van der Waals surface area contributed by atoms with E-state index >= 15 is 0 Å². The monoisotopic (exact) mass is 738 g/mol. The SMILES string of the molecule is CN(C[C@@H](CCN1CCN(c2ccccc2CNS(C)(=O)=O)CC1)c1ccc(Cl)c(Cl)c1)C(=O)c1cc(C(F)(F)F)cc(C(F)(F)F)c1. The highest BCUT2D eigenvalue weighted by Crippen LogP contribution is 2.37. The summed E-state index contributed by atoms with van der Waals surface area (Å²) in [5.74, 6) is -1.38. The van der Waals surface area contributed by atoms with Gasteiger partial charge in [-0.15, -0.1) is 0 Å². The van der Waals surface area contributed by atoms with Gasteiger partial charge in [0.2, 0.25) is 10.0 Å². The molecular weight excluding hydrogens is 705 g/mol. The maximum atomic E-state index is 13.4. The van der Waals surface area contributed by atoms with E-state index in [-0.39, 0.29) is 30.1 Å². The quantitative estimate of drug-likeness (QED) is 0.212. The lowest BCUT2D eigenvalue weighted by molar-refractivity contribution is -0.143. The van der Waals surface area contributed by atoms with E-state index < -0.39 is 45.0 Å². The zero-order valence-electron chi connectivity index (χ0n) is 26.0. The molecule has 7 nitrogen and oxygen atoms in total. The third kappa shape index (κ3) is 10.2. The number of benzene rings is 3. The Hall–Kier alpha value is -3.04. The molecule has 1 aliphatic heterocycles. The molecule has 0 aromatic heterocycles. The molecular formula is C32H34Cl2F6N4O3S. The van der Waals surface area contributed by atoms with Crippen LogP contribution in [0.15, 0.2) is 60.7 Å². The average molecular weight is 740 g/mol. The van der Waals surface area contributed by atoms with E-state index in [0.29, 0.717) is 61.9 Å². The number of nitrogens with one attached hydrogen (secondary N) is 1. The van der Waals surface area contributed by atoms with Crippen LogP contribution in [0.4, 0.5) is 32.0 Å². The van der Waals surface area contributed by atoms with Gasteiger partial charge in [-0.1, -0.05) is 47.5 Å². The summed E-state index contributed by atoms with van der Waals surface area (Å²) >= 11 is 12.4. The van der Waals surface area contributed by atoms with Crippen LogP contribution >= 0.6 is 23.2 Å². The van der Waals surface area contributed by atoms with Crippen molar-refractivity contribution >= 4 is 44.8 Å². The minimum atomic E-state index is -5.09. The Labute approximate surface area is 285 Å². The molecule has 0 bridgehead atoms. The first-order valence-corrected chi connectivity index (χ1v) is 17.5. The standard InChI is InChI=1S/C32H34Cl2F6N4O3S/c1-42(30(45)24-15-25(31(35,36)37)18-26(16-24)32(38,39)40)20-23(21-7-8-27(33)28(34)17-21)9-10-43-11-13-44(14-12-43)29-6-4-3-5-22(29)19-41-48(2,46)47/h3-8,15-18,23,41H,9-14,19-20H2,1-2H3/t23-/m1/s1. The Morgan fingerprint density at radius 1 is 0.896 bits per heavy atom. The maximum Gasteiger partial charge on any atom is 0.416 e. The predicted molar refractivity (Wildman–Crippen MR) is 174 cm³/mol. The molecule has 1 fully saturated rings. The first kappa shape index (κ1) is 37.8. The van der Waals surface area contributed by atoms with Crippen molar-refractivity contribution in [2.24, 2.45) is 0 Å². The number of hydrogen-bond acceptors (Lipinski definition) is 5. The van der Waals surface area contributed by atoms with Gasteiger partial charge in [0.15, 0.2) is 0 Å². The van der Waals surface area contributed by atoms with Gasteiger partial charge >= 0.3 is 12.4 Å². The summed E-state index contributed by atoms with van der Waals surface area (Å²) in [6.07, 6.45) is -8.59. The van der Waals surface area contributed by atoms with Crippen LogP contribution in [0.2, 0.25) is 10.0 Å². The molecule has 0 saturated carbocycles. The van der Waals surface area contributed by atoms with Gasteiger partial charge in [-0.2, -0.15) is 26.3 Å². The molecule has 0 aliphatic carbocycles. The second-order valence-electron chi connectivity index (χ2n) is 11.7. The smallest absolute Gasteiger partial charge is 0.369 e. The van der Waals surface area contributed by atoms with Crippen molar-refractivity contribution < 1.29 is 39.6 Å². The molecule has 1 heterocycles. The van der Waals surface area contributed by atoms with Crippen molar-refractivity contribution in [3.05, 3.63) is 98.5 Å². The van der Waals surface area contributed by atoms with Crippen LogP contribution in [0.25, 0.3) is 0 Å². The van der Waals surface area contributed by atoms with E-state index in [1.807, 2.05) is 24.3 Å². The number of halogens is 8. The number of anilines is 1. The van der Waals surface area contributed by atoms with Gasteiger partial charge in [0.05, 0.1) is 27.4 Å². The van der Waals surface area contributed by atoms with Crippen LogP contribution < -0.4 is 9.62 Å². The molecule has 1 saturated heterocycles. The van der Waals surface area contributed by atoms with Crippen LogP contribution in [-0.4, -0.2) is 76.7 Å². The van der Waals surface area contributed by atoms with Crippen LogP contribution in [0.1, 0.15) is 45.0 Å². The van der Waals surface area contributed by atoms with Gasteiger partial charge in [-0.3, -0.25) is 9.69 Å². The van der Waals surface area contributed by atoms with Crippen molar-refractivity contribution in [1.29, 1.82) is 0 Å². The number of carbonyl (C=O) groups excluding carboxylic acids is 1. The van der Waals surface area contributed by atoms with E-state index in [4.69, 9.17) is 23.2 Å². The van der Waals surface area contributed by atoms with Crippen molar-refractivity contribution in [2.75, 3.05) is 57.5 Å². The third-order valence-corrected chi connectivity index (χ3v) is 9.52. The molecule has 262 valence electrons. The zero-order valence-corrected chi connectivity index (χ0v) is 28.3. The number of likely N-dealkylation sites (N-methyl/N-ethyl adjacent to an activating group) is 1. The molecule has 4 rings (SSSR count). The molecule has 1 amide bonds. The van der Waals surface area contributed by atoms with Crippen molar-refractivity contribution in [3.63, 3.8) is 0 Å². The van der Waals surface area contributed by atoms with Crippen molar-refractivity contribution in [2.45, 2.75) is 31.2 Å². The molecule has 1 aliphatic rings. The fraction of sp³-hybridized carbons (Fsp3) is 0.406. The number of rotatable bonds is 11. The fourth-order valence-electron chi connectivity index (χ4n) is 5.57. The molecule has 0 unspecified atom stereocenters. The third-order valence-electron chi connectivity index (χ3n) is 8.11. The van der Waals surface area contributed by atoms with Crippen LogP contribution in [0, 0.1) is 0 Å². The molecule has 3 aromatic carbocycles. The summed E-state index contributed by atoms with van der Waals surface area (Å²) in [6.45, 7) is 3.35. The summed E-state index contributed by atoms with van der Waals surface area (Å²) in [5.41, 5.74) is -1.39. The summed E-state index contributed by atoms with van der Waals surface area (Å²) < 4.78 is 106. The second kappa shape index (κ2) is 15.2. The number of sulfonamides is 1. The van der Waals surface area contributed by atoms with Gasteiger partial charge in [0.1, 0.15) is 0 Å². The number of para-hydroxylation sites is 1. The lowest BCUT2D eigenvalue weighted by Gasteiger charge is -2.37. The van der Waals surface area contributed by atoms with E-state index in [1.165, 1.54) is 7.05 Å². The second-order valence-corrected chi connectivity index (χ2v) is 14.3. The summed E-state index contributed by atoms with van der Waals surface area (Å²) in [5, 5.41) is 0.564. The van der Waals surface area contributed by atoms with Crippen LogP contribution in [0.5, 0.6) is 0 Å². The predicted octanol–water partition coefficient (Wildman–Crippen LogP) is 7.15. The molecule has 3 aromatic rings. The van der Waals surface area contributed by atoms with Crippen molar-refractivity contribution in [3.8, 4) is 0 Å². The Balaban J connectivity index is 1.48. The van der Waals surface area contributed by atoms with Crippen LogP contribution in [0.3, 0.4) is 0 Å². The molecule has 0 radical (unpaired) electrons. The lowest BCUT2D eigenvalue weighted by atomic mass is 9.94. The topological polar surface area (TPSA) is 73.0 Å². The summed E-state index contributed by atoms with van der Waals surface area (Å²) in [4.78, 5) is 18.8. The number of amides is 1. The number of piperazine rings is 1. The maximum absolute atomic E-state index is 13.4. The molecule has 16 heteroatoms. The molecule has 48 heavy (non-hydrogen) atoms. The van der Waals surface area contributed by atoms with E-state index in [2.05, 4.69) is 14.5 Å². The summed E-state index contributed by atoms with van der Waals surface area (Å²) in [7, 11) is -2.05. The Morgan fingerprint density at radius 3 is 2.06 bits per heavy atom. The zero-order chi connectivity index (χ0) is 35.4. The Kier molecular flexibility index (Phi) is 12.0. The van der Waals surface area contributed by atoms with Gasteiger partial charge in [0, 0.05) is 63.5 Å². The first-order valence-electron chi connectivity index (χ1n) is 14.8. The largest absolute Gasteiger partial charge is 0.416 e. The number of alkyl halides is 6. The number of nitrogens with zero attached hydrogens (tertiary/aromatic N) is 3. The fourth-order valence-corrected chi connectivity index (χ4v) is 6.29. The van der Waals surface area contributed by atoms with Crippen LogP contribution in [-0.2, 0) is 28.9 Å². The normalized spacial score (nSPS) is 15.4. The highest BCUT2D eigenvalue weighted by Gasteiger charge is 2.38. The number of hydrogen-bond donors (Lipinski definition) is 1. The minimum Gasteiger partial charge on any atom is -0.369 e. The molecule has 0 spiro atoms. The highest BCUT2D eigenvalue weighted by atomic mass is 35.5. The summed E-state index contributed by atoms with van der Waals surface area (Å²) in [6, 6.07) is 13.3. The highest BCUT2D eigenvalue weighted by molar-refractivity contribution is 7.88. The Bertz CT molecular complexity index is 1680. The number of carbonyl (C=O) groups is 1. The molecule has 1 atom stereocenters. The van der Waals surface area contributed by atoms with Crippen molar-refractivity contribution in [1.82, 2.24) is 14.5 Å². The Morgan fingerprint density at radius 2 is 1.50 bits per heavy atom. The average Bonchev–Trinajstić information content (AvgIpc) is 3.02. The van der Waals surface area contributed by atoms with E-state index in [9.17, 15) is 39.6 Å². The van der Waals surface area contributed by atoms with E-state index in [0.717, 1.165) is 22.4 Å². The van der Waals surface area contributed by atoms with Gasteiger partial charge < -0.3 is 9.80 Å². The molecule has 1 N–H and O–H groups in total. The van der Waals surface area contributed by atoms with Gasteiger partial charge in [-0.25, -0.2) is 13.1 Å². The van der Waals surface area contributed by atoms with Gasteiger partial charge in [0.25, 0.3) is 5.91 Å². The minimum absolute atomic E-state index is 0.0137. The van der Waals surface area contributed by atoms with Gasteiger partial charge in [-0.05, 0) is 60.5 Å². The first-order chi connectivity index (χ1) is 22.3. The lowest BCUT2D eigenvalue weighted by Crippen LogP contribution is -2.47.